The summed E-state index contributed by atoms with van der Waals surface area (Å²) in [6.07, 6.45) is 1.94. The molecule has 0 saturated carbocycles. The first-order valence-corrected chi connectivity index (χ1v) is 11.9. The molecular weight excluding hydrogens is 448 g/mol. The number of ketones is 1. The van der Waals surface area contributed by atoms with Crippen LogP contribution in [0.2, 0.25) is 0 Å². The van der Waals surface area contributed by atoms with Crippen molar-refractivity contribution in [2.75, 3.05) is 11.1 Å². The monoisotopic (exact) mass is 474 g/mol. The van der Waals surface area contributed by atoms with Crippen LogP contribution >= 0.6 is 11.8 Å². The number of aromatic nitrogens is 5. The number of carbonyl (C=O) groups is 2. The quantitative estimate of drug-likeness (QED) is 0.296. The van der Waals surface area contributed by atoms with Crippen molar-refractivity contribution in [3.8, 4) is 22.6 Å². The van der Waals surface area contributed by atoms with Gasteiger partial charge in [0, 0.05) is 36.6 Å². The minimum Gasteiger partial charge on any atom is -0.325 e. The van der Waals surface area contributed by atoms with E-state index in [1.807, 2.05) is 24.7 Å². The van der Waals surface area contributed by atoms with Crippen LogP contribution in [0.3, 0.4) is 0 Å². The minimum atomic E-state index is -0.158. The van der Waals surface area contributed by atoms with Crippen molar-refractivity contribution in [1.29, 1.82) is 0 Å². The number of aryl methyl sites for hydroxylation is 2. The van der Waals surface area contributed by atoms with Crippen LogP contribution in [0.5, 0.6) is 0 Å². The van der Waals surface area contributed by atoms with Gasteiger partial charge in [-0.2, -0.15) is 5.10 Å². The fourth-order valence-corrected chi connectivity index (χ4v) is 4.37. The highest BCUT2D eigenvalue weighted by Gasteiger charge is 2.20. The molecule has 0 saturated heterocycles. The SMILES string of the molecule is CCn1c(SCC(=O)Nc2ccc(C(C)=O)cc2)nnc1-c1cn(C)nc1-c1ccc(C)cc1. The zero-order valence-corrected chi connectivity index (χ0v) is 20.4. The molecule has 0 spiro atoms. The number of carbonyl (C=O) groups excluding carboxylic acids is 2. The molecular formula is C25H26N6O2S. The Morgan fingerprint density at radius 1 is 1.03 bits per heavy atom. The third-order valence-electron chi connectivity index (χ3n) is 5.34. The van der Waals surface area contributed by atoms with Gasteiger partial charge in [-0.1, -0.05) is 41.6 Å². The molecule has 34 heavy (non-hydrogen) atoms. The van der Waals surface area contributed by atoms with Crippen LogP contribution in [0.1, 0.15) is 29.8 Å². The molecule has 0 aliphatic carbocycles. The molecule has 4 aromatic rings. The van der Waals surface area contributed by atoms with E-state index in [1.165, 1.54) is 24.2 Å². The Labute approximate surface area is 202 Å². The first-order valence-electron chi connectivity index (χ1n) is 10.9. The number of rotatable bonds is 8. The average Bonchev–Trinajstić information content (AvgIpc) is 3.41. The second kappa shape index (κ2) is 10.0. The number of amides is 1. The number of nitrogens with one attached hydrogen (secondary N) is 1. The Morgan fingerprint density at radius 2 is 1.74 bits per heavy atom. The summed E-state index contributed by atoms with van der Waals surface area (Å²) in [7, 11) is 1.89. The second-order valence-electron chi connectivity index (χ2n) is 7.95. The van der Waals surface area contributed by atoms with Crippen molar-refractivity contribution in [2.45, 2.75) is 32.5 Å². The van der Waals surface area contributed by atoms with Gasteiger partial charge in [-0.15, -0.1) is 10.2 Å². The van der Waals surface area contributed by atoms with Crippen molar-refractivity contribution in [1.82, 2.24) is 24.5 Å². The van der Waals surface area contributed by atoms with Crippen molar-refractivity contribution in [3.63, 3.8) is 0 Å². The molecule has 2 aromatic carbocycles. The summed E-state index contributed by atoms with van der Waals surface area (Å²) in [5.41, 5.74) is 5.18. The standard InChI is InChI=1S/C25H26N6O2S/c1-5-31-24(21-14-30(4)29-23(21)19-8-6-16(2)7-9-19)27-28-25(31)34-15-22(33)26-20-12-10-18(11-13-20)17(3)32/h6-14H,5,15H2,1-4H3,(H,26,33). The predicted molar refractivity (Wildman–Crippen MR) is 134 cm³/mol. The summed E-state index contributed by atoms with van der Waals surface area (Å²) in [6, 6.07) is 15.1. The number of hydrogen-bond donors (Lipinski definition) is 1. The Balaban J connectivity index is 1.51. The lowest BCUT2D eigenvalue weighted by Crippen LogP contribution is -2.14. The first kappa shape index (κ1) is 23.4. The molecule has 0 unspecified atom stereocenters. The van der Waals surface area contributed by atoms with Gasteiger partial charge < -0.3 is 9.88 Å². The lowest BCUT2D eigenvalue weighted by atomic mass is 10.1. The van der Waals surface area contributed by atoms with Crippen LogP contribution in [0.25, 0.3) is 22.6 Å². The second-order valence-corrected chi connectivity index (χ2v) is 8.89. The van der Waals surface area contributed by atoms with E-state index in [4.69, 9.17) is 0 Å². The highest BCUT2D eigenvalue weighted by molar-refractivity contribution is 7.99. The van der Waals surface area contributed by atoms with Gasteiger partial charge in [0.2, 0.25) is 5.91 Å². The maximum atomic E-state index is 12.5. The van der Waals surface area contributed by atoms with E-state index < -0.39 is 0 Å². The molecule has 0 aliphatic rings. The summed E-state index contributed by atoms with van der Waals surface area (Å²) >= 11 is 1.33. The maximum absolute atomic E-state index is 12.5. The summed E-state index contributed by atoms with van der Waals surface area (Å²) in [4.78, 5) is 23.9. The van der Waals surface area contributed by atoms with E-state index in [2.05, 4.69) is 51.8 Å². The first-order chi connectivity index (χ1) is 16.4. The van der Waals surface area contributed by atoms with Crippen molar-refractivity contribution >= 4 is 29.1 Å². The Bertz CT molecular complexity index is 1320. The van der Waals surface area contributed by atoms with E-state index in [0.29, 0.717) is 28.8 Å². The van der Waals surface area contributed by atoms with Gasteiger partial charge >= 0.3 is 0 Å². The van der Waals surface area contributed by atoms with Gasteiger partial charge in [-0.3, -0.25) is 14.3 Å². The predicted octanol–water partition coefficient (Wildman–Crippen LogP) is 4.61. The Morgan fingerprint density at radius 3 is 2.38 bits per heavy atom. The third-order valence-corrected chi connectivity index (χ3v) is 6.30. The topological polar surface area (TPSA) is 94.7 Å². The van der Waals surface area contributed by atoms with Gasteiger partial charge in [0.15, 0.2) is 16.8 Å². The van der Waals surface area contributed by atoms with Gasteiger partial charge in [0.1, 0.15) is 5.69 Å². The van der Waals surface area contributed by atoms with Gasteiger partial charge in [0.25, 0.3) is 0 Å². The largest absolute Gasteiger partial charge is 0.325 e. The molecule has 2 heterocycles. The number of Topliss-reactive ketones (excluding diaryl/α,β-unsaturated/α-hetero) is 1. The maximum Gasteiger partial charge on any atom is 0.234 e. The smallest absolute Gasteiger partial charge is 0.234 e. The molecule has 0 radical (unpaired) electrons. The number of thioether (sulfide) groups is 1. The van der Waals surface area contributed by atoms with Crippen LogP contribution in [0.4, 0.5) is 5.69 Å². The molecule has 4 rings (SSSR count). The summed E-state index contributed by atoms with van der Waals surface area (Å²) in [5.74, 6) is 0.732. The Hall–Kier alpha value is -3.72. The molecule has 0 atom stereocenters. The molecule has 174 valence electrons. The van der Waals surface area contributed by atoms with E-state index in [1.54, 1.807) is 28.9 Å². The lowest BCUT2D eigenvalue weighted by Gasteiger charge is -2.08. The molecule has 2 aromatic heterocycles. The number of anilines is 1. The highest BCUT2D eigenvalue weighted by Crippen LogP contribution is 2.32. The van der Waals surface area contributed by atoms with Crippen LogP contribution in [-0.4, -0.2) is 42.0 Å². The van der Waals surface area contributed by atoms with E-state index in [-0.39, 0.29) is 17.4 Å². The van der Waals surface area contributed by atoms with Crippen molar-refractivity contribution < 1.29 is 9.59 Å². The summed E-state index contributed by atoms with van der Waals surface area (Å²) in [6.45, 7) is 6.24. The van der Waals surface area contributed by atoms with Crippen LogP contribution < -0.4 is 5.32 Å². The number of hydrogen-bond acceptors (Lipinski definition) is 6. The molecule has 0 aliphatic heterocycles. The number of benzene rings is 2. The van der Waals surface area contributed by atoms with Gasteiger partial charge in [-0.05, 0) is 45.0 Å². The number of nitrogens with zero attached hydrogens (tertiary/aromatic N) is 5. The van der Waals surface area contributed by atoms with E-state index in [0.717, 1.165) is 16.8 Å². The molecule has 8 nitrogen and oxygen atoms in total. The highest BCUT2D eigenvalue weighted by atomic mass is 32.2. The molecule has 9 heteroatoms. The fourth-order valence-electron chi connectivity index (χ4n) is 3.57. The fraction of sp³-hybridized carbons (Fsp3) is 0.240. The van der Waals surface area contributed by atoms with Gasteiger partial charge in [-0.25, -0.2) is 0 Å². The van der Waals surface area contributed by atoms with Crippen LogP contribution in [0, 0.1) is 6.92 Å². The zero-order valence-electron chi connectivity index (χ0n) is 19.6. The normalized spacial score (nSPS) is 10.9. The summed E-state index contributed by atoms with van der Waals surface area (Å²) < 4.78 is 3.77. The molecule has 1 N–H and O–H groups in total. The van der Waals surface area contributed by atoms with Crippen molar-refractivity contribution in [3.05, 3.63) is 65.9 Å². The van der Waals surface area contributed by atoms with Gasteiger partial charge in [0.05, 0.1) is 11.3 Å². The third kappa shape index (κ3) is 5.09. The van der Waals surface area contributed by atoms with Crippen LogP contribution in [0.15, 0.2) is 59.9 Å². The average molecular weight is 475 g/mol. The minimum absolute atomic E-state index is 0.0118. The molecule has 0 bridgehead atoms. The van der Waals surface area contributed by atoms with Crippen molar-refractivity contribution in [2.24, 2.45) is 7.05 Å². The Kier molecular flexibility index (Phi) is 6.93. The van der Waals surface area contributed by atoms with E-state index in [9.17, 15) is 9.59 Å². The van der Waals surface area contributed by atoms with E-state index >= 15 is 0 Å². The molecule has 1 amide bonds. The molecule has 0 fully saturated rings. The lowest BCUT2D eigenvalue weighted by molar-refractivity contribution is -0.113. The summed E-state index contributed by atoms with van der Waals surface area (Å²) in [5, 5.41) is 17.0. The van der Waals surface area contributed by atoms with Crippen LogP contribution in [-0.2, 0) is 18.4 Å². The zero-order chi connectivity index (χ0) is 24.2.